The van der Waals surface area contributed by atoms with Gasteiger partial charge >= 0.3 is 0 Å². The van der Waals surface area contributed by atoms with E-state index in [1.165, 1.54) is 20.3 Å². The Kier molecular flexibility index (Phi) is 6.08. The first-order chi connectivity index (χ1) is 10.5. The molecule has 6 nitrogen and oxygen atoms in total. The summed E-state index contributed by atoms with van der Waals surface area (Å²) in [6.45, 7) is 1.32. The second-order valence-corrected chi connectivity index (χ2v) is 7.73. The summed E-state index contributed by atoms with van der Waals surface area (Å²) in [5.74, 6) is 0.851. The van der Waals surface area contributed by atoms with E-state index >= 15 is 0 Å². The predicted molar refractivity (Wildman–Crippen MR) is 88.1 cm³/mol. The van der Waals surface area contributed by atoms with Gasteiger partial charge in [0, 0.05) is 23.1 Å². The standard InChI is InChI=1S/C14H21BrN2O4S/c1-20-12-7-11(15)14(8-13(12)21-2)22(18,19)17-9-10-5-3-4-6-16-10/h7-8,10,16-17H,3-6,9H2,1-2H3. The van der Waals surface area contributed by atoms with E-state index in [4.69, 9.17) is 9.47 Å². The Bertz CT molecular complexity index is 616. The maximum Gasteiger partial charge on any atom is 0.241 e. The van der Waals surface area contributed by atoms with Crippen molar-refractivity contribution in [2.45, 2.75) is 30.2 Å². The quantitative estimate of drug-likeness (QED) is 0.772. The lowest BCUT2D eigenvalue weighted by Gasteiger charge is -2.23. The van der Waals surface area contributed by atoms with Crippen molar-refractivity contribution in [2.24, 2.45) is 0 Å². The number of hydrogen-bond donors (Lipinski definition) is 2. The lowest BCUT2D eigenvalue weighted by Crippen LogP contribution is -2.43. The molecule has 0 bridgehead atoms. The number of piperidine rings is 1. The van der Waals surface area contributed by atoms with Gasteiger partial charge in [-0.05, 0) is 41.4 Å². The summed E-state index contributed by atoms with van der Waals surface area (Å²) in [4.78, 5) is 0.140. The molecule has 1 aromatic carbocycles. The van der Waals surface area contributed by atoms with Crippen LogP contribution >= 0.6 is 15.9 Å². The van der Waals surface area contributed by atoms with E-state index in [0.717, 1.165) is 25.8 Å². The monoisotopic (exact) mass is 392 g/mol. The Morgan fingerprint density at radius 3 is 2.55 bits per heavy atom. The second kappa shape index (κ2) is 7.63. The lowest BCUT2D eigenvalue weighted by atomic mass is 10.1. The van der Waals surface area contributed by atoms with Gasteiger partial charge in [0.1, 0.15) is 4.90 Å². The van der Waals surface area contributed by atoms with E-state index in [-0.39, 0.29) is 10.9 Å². The number of ether oxygens (including phenoxy) is 2. The number of methoxy groups -OCH3 is 2. The molecule has 1 aliphatic rings. The number of benzene rings is 1. The van der Waals surface area contributed by atoms with Gasteiger partial charge in [-0.2, -0.15) is 0 Å². The minimum Gasteiger partial charge on any atom is -0.493 e. The van der Waals surface area contributed by atoms with E-state index in [9.17, 15) is 8.42 Å². The molecule has 8 heteroatoms. The van der Waals surface area contributed by atoms with Gasteiger partial charge in [0.2, 0.25) is 10.0 Å². The van der Waals surface area contributed by atoms with Crippen LogP contribution in [0.4, 0.5) is 0 Å². The van der Waals surface area contributed by atoms with E-state index in [0.29, 0.717) is 22.5 Å². The summed E-state index contributed by atoms with van der Waals surface area (Å²) in [6, 6.07) is 3.23. The van der Waals surface area contributed by atoms with Crippen LogP contribution in [-0.2, 0) is 10.0 Å². The molecule has 0 saturated carbocycles. The Balaban J connectivity index is 2.17. The van der Waals surface area contributed by atoms with Crippen molar-refractivity contribution in [1.29, 1.82) is 0 Å². The highest BCUT2D eigenvalue weighted by molar-refractivity contribution is 9.10. The first-order valence-corrected chi connectivity index (χ1v) is 9.40. The number of hydrogen-bond acceptors (Lipinski definition) is 5. The molecule has 22 heavy (non-hydrogen) atoms. The van der Waals surface area contributed by atoms with E-state index in [2.05, 4.69) is 26.0 Å². The van der Waals surface area contributed by atoms with Crippen LogP contribution in [0.1, 0.15) is 19.3 Å². The van der Waals surface area contributed by atoms with Crippen molar-refractivity contribution in [2.75, 3.05) is 27.3 Å². The zero-order valence-corrected chi connectivity index (χ0v) is 15.1. The molecule has 0 amide bonds. The largest absolute Gasteiger partial charge is 0.493 e. The van der Waals surface area contributed by atoms with Gasteiger partial charge in [-0.3, -0.25) is 0 Å². The smallest absolute Gasteiger partial charge is 0.241 e. The molecular formula is C14H21BrN2O4S. The van der Waals surface area contributed by atoms with Gasteiger partial charge in [0.05, 0.1) is 14.2 Å². The van der Waals surface area contributed by atoms with Crippen molar-refractivity contribution < 1.29 is 17.9 Å². The number of nitrogens with one attached hydrogen (secondary N) is 2. The average molecular weight is 393 g/mol. The van der Waals surface area contributed by atoms with E-state index < -0.39 is 10.0 Å². The highest BCUT2D eigenvalue weighted by Crippen LogP contribution is 2.35. The summed E-state index contributed by atoms with van der Waals surface area (Å²) in [5.41, 5.74) is 0. The third kappa shape index (κ3) is 4.13. The number of sulfonamides is 1. The third-order valence-electron chi connectivity index (χ3n) is 3.66. The maximum atomic E-state index is 12.5. The van der Waals surface area contributed by atoms with Crippen LogP contribution in [0.25, 0.3) is 0 Å². The molecule has 1 fully saturated rings. The summed E-state index contributed by atoms with van der Waals surface area (Å²) in [6.07, 6.45) is 3.25. The topological polar surface area (TPSA) is 76.7 Å². The summed E-state index contributed by atoms with van der Waals surface area (Å²) < 4.78 is 38.4. The van der Waals surface area contributed by atoms with Crippen LogP contribution < -0.4 is 19.5 Å². The van der Waals surface area contributed by atoms with Crippen molar-refractivity contribution in [3.8, 4) is 11.5 Å². The van der Waals surface area contributed by atoms with Gasteiger partial charge in [0.25, 0.3) is 0 Å². The van der Waals surface area contributed by atoms with Crippen LogP contribution in [0.15, 0.2) is 21.5 Å². The van der Waals surface area contributed by atoms with E-state index in [1.54, 1.807) is 6.07 Å². The maximum absolute atomic E-state index is 12.5. The summed E-state index contributed by atoms with van der Waals surface area (Å²) >= 11 is 3.28. The van der Waals surface area contributed by atoms with Crippen LogP contribution in [0.3, 0.4) is 0 Å². The Morgan fingerprint density at radius 1 is 1.27 bits per heavy atom. The highest BCUT2D eigenvalue weighted by atomic mass is 79.9. The van der Waals surface area contributed by atoms with Gasteiger partial charge < -0.3 is 14.8 Å². The molecule has 1 unspecified atom stereocenters. The van der Waals surface area contributed by atoms with Crippen molar-refractivity contribution >= 4 is 26.0 Å². The van der Waals surface area contributed by atoms with Crippen molar-refractivity contribution in [1.82, 2.24) is 10.0 Å². The zero-order valence-electron chi connectivity index (χ0n) is 12.7. The van der Waals surface area contributed by atoms with Gasteiger partial charge in [-0.25, -0.2) is 13.1 Å². The first-order valence-electron chi connectivity index (χ1n) is 7.12. The van der Waals surface area contributed by atoms with Gasteiger partial charge in [0.15, 0.2) is 11.5 Å². The molecule has 2 N–H and O–H groups in total. The molecule has 124 valence electrons. The average Bonchev–Trinajstić information content (AvgIpc) is 2.53. The number of rotatable bonds is 6. The Morgan fingerprint density at radius 2 is 1.95 bits per heavy atom. The molecule has 1 saturated heterocycles. The van der Waals surface area contributed by atoms with Crippen LogP contribution in [0.5, 0.6) is 11.5 Å². The van der Waals surface area contributed by atoms with Crippen LogP contribution in [0, 0.1) is 0 Å². The normalized spacial score (nSPS) is 19.0. The summed E-state index contributed by atoms with van der Waals surface area (Å²) in [5, 5.41) is 3.32. The fraction of sp³-hybridized carbons (Fsp3) is 0.571. The second-order valence-electron chi connectivity index (χ2n) is 5.14. The fourth-order valence-corrected chi connectivity index (χ4v) is 4.54. The minimum atomic E-state index is -3.62. The first kappa shape index (κ1) is 17.5. The molecule has 0 radical (unpaired) electrons. The lowest BCUT2D eigenvalue weighted by molar-refractivity contribution is 0.353. The molecule has 0 spiro atoms. The minimum absolute atomic E-state index is 0.140. The molecule has 1 aromatic rings. The molecule has 1 heterocycles. The molecule has 2 rings (SSSR count). The van der Waals surface area contributed by atoms with Crippen LogP contribution in [0.2, 0.25) is 0 Å². The SMILES string of the molecule is COc1cc(Br)c(S(=O)(=O)NCC2CCCCN2)cc1OC. The van der Waals surface area contributed by atoms with E-state index in [1.807, 2.05) is 0 Å². The number of halogens is 1. The highest BCUT2D eigenvalue weighted by Gasteiger charge is 2.23. The molecule has 0 aromatic heterocycles. The molecule has 1 aliphatic heterocycles. The predicted octanol–water partition coefficient (Wildman–Crippen LogP) is 1.89. The Labute approximate surface area is 139 Å². The van der Waals surface area contributed by atoms with Gasteiger partial charge in [-0.1, -0.05) is 6.42 Å². The van der Waals surface area contributed by atoms with Crippen molar-refractivity contribution in [3.63, 3.8) is 0 Å². The zero-order chi connectivity index (χ0) is 16.2. The summed E-state index contributed by atoms with van der Waals surface area (Å²) in [7, 11) is -0.641. The van der Waals surface area contributed by atoms with Gasteiger partial charge in [-0.15, -0.1) is 0 Å². The van der Waals surface area contributed by atoms with Crippen molar-refractivity contribution in [3.05, 3.63) is 16.6 Å². The third-order valence-corrected chi connectivity index (χ3v) is 6.04. The molecule has 1 atom stereocenters. The fourth-order valence-electron chi connectivity index (χ4n) is 2.43. The Hall–Kier alpha value is -0.830. The van der Waals surface area contributed by atoms with Crippen LogP contribution in [-0.4, -0.2) is 41.8 Å². The molecule has 0 aliphatic carbocycles. The molecular weight excluding hydrogens is 372 g/mol.